The van der Waals surface area contributed by atoms with Gasteiger partial charge in [-0.1, -0.05) is 6.92 Å². The molecule has 3 heteroatoms. The lowest BCUT2D eigenvalue weighted by Crippen LogP contribution is -2.46. The molecule has 0 radical (unpaired) electrons. The maximum Gasteiger partial charge on any atom is 0.0552 e. The van der Waals surface area contributed by atoms with E-state index in [-0.39, 0.29) is 0 Å². The Morgan fingerprint density at radius 2 is 1.79 bits per heavy atom. The molecule has 1 aromatic rings. The molecule has 3 nitrogen and oxygen atoms in total. The third kappa shape index (κ3) is 2.76. The number of nitrogens with zero attached hydrogens (tertiary/aromatic N) is 3. The monoisotopic (exact) mass is 259 g/mol. The topological polar surface area (TPSA) is 19.4 Å². The van der Waals surface area contributed by atoms with Crippen molar-refractivity contribution >= 4 is 5.69 Å². The second-order valence-corrected chi connectivity index (χ2v) is 6.13. The van der Waals surface area contributed by atoms with Crippen LogP contribution in [0.4, 0.5) is 5.69 Å². The average Bonchev–Trinajstić information content (AvgIpc) is 2.50. The summed E-state index contributed by atoms with van der Waals surface area (Å²) in [5, 5.41) is 0. The van der Waals surface area contributed by atoms with Crippen LogP contribution in [0.5, 0.6) is 0 Å². The third-order valence-corrected chi connectivity index (χ3v) is 5.20. The summed E-state index contributed by atoms with van der Waals surface area (Å²) >= 11 is 0. The van der Waals surface area contributed by atoms with Gasteiger partial charge in [-0.15, -0.1) is 0 Å². The summed E-state index contributed by atoms with van der Waals surface area (Å²) in [5.74, 6) is 0. The van der Waals surface area contributed by atoms with Crippen molar-refractivity contribution in [3.05, 3.63) is 24.5 Å². The predicted molar refractivity (Wildman–Crippen MR) is 79.5 cm³/mol. The van der Waals surface area contributed by atoms with Crippen LogP contribution in [0, 0.1) is 5.41 Å². The van der Waals surface area contributed by atoms with E-state index in [1.54, 1.807) is 0 Å². The van der Waals surface area contributed by atoms with Gasteiger partial charge < -0.3 is 9.80 Å². The average molecular weight is 259 g/mol. The summed E-state index contributed by atoms with van der Waals surface area (Å²) in [7, 11) is 0. The van der Waals surface area contributed by atoms with E-state index in [4.69, 9.17) is 0 Å². The molecule has 0 atom stereocenters. The second kappa shape index (κ2) is 5.49. The van der Waals surface area contributed by atoms with Gasteiger partial charge in [0, 0.05) is 19.3 Å². The highest BCUT2D eigenvalue weighted by molar-refractivity contribution is 5.44. The molecule has 0 aliphatic carbocycles. The molecule has 2 fully saturated rings. The van der Waals surface area contributed by atoms with Crippen molar-refractivity contribution < 1.29 is 0 Å². The zero-order valence-electron chi connectivity index (χ0n) is 12.0. The van der Waals surface area contributed by atoms with Gasteiger partial charge in [-0.25, -0.2) is 0 Å². The fraction of sp³-hybridized carbons (Fsp3) is 0.688. The van der Waals surface area contributed by atoms with E-state index >= 15 is 0 Å². The van der Waals surface area contributed by atoms with Gasteiger partial charge >= 0.3 is 0 Å². The molecule has 2 saturated heterocycles. The van der Waals surface area contributed by atoms with Gasteiger partial charge in [-0.2, -0.15) is 0 Å². The second-order valence-electron chi connectivity index (χ2n) is 6.13. The summed E-state index contributed by atoms with van der Waals surface area (Å²) in [4.78, 5) is 9.34. The normalized spacial score (nSPS) is 23.7. The van der Waals surface area contributed by atoms with E-state index in [0.717, 1.165) is 0 Å². The molecule has 0 saturated carbocycles. The SMILES string of the molecule is CCN1CCC2(CC1)CCN(c1cccnc1)CC2. The number of piperidine rings is 2. The first kappa shape index (κ1) is 12.9. The highest BCUT2D eigenvalue weighted by atomic mass is 15.2. The third-order valence-electron chi connectivity index (χ3n) is 5.20. The lowest BCUT2D eigenvalue weighted by atomic mass is 9.71. The van der Waals surface area contributed by atoms with Crippen LogP contribution in [0.1, 0.15) is 32.6 Å². The van der Waals surface area contributed by atoms with Gasteiger partial charge in [-0.3, -0.25) is 4.98 Å². The van der Waals surface area contributed by atoms with E-state index in [1.807, 2.05) is 18.5 Å². The van der Waals surface area contributed by atoms with Crippen LogP contribution in [-0.4, -0.2) is 42.6 Å². The van der Waals surface area contributed by atoms with E-state index < -0.39 is 0 Å². The molecule has 2 aliphatic rings. The number of aromatic nitrogens is 1. The van der Waals surface area contributed by atoms with Gasteiger partial charge in [0.2, 0.25) is 0 Å². The van der Waals surface area contributed by atoms with Crippen molar-refractivity contribution in [2.75, 3.05) is 37.6 Å². The first-order valence-corrected chi connectivity index (χ1v) is 7.69. The lowest BCUT2D eigenvalue weighted by Gasteiger charge is -2.47. The molecule has 2 aliphatic heterocycles. The van der Waals surface area contributed by atoms with Gasteiger partial charge in [0.25, 0.3) is 0 Å². The standard InChI is InChI=1S/C16H25N3/c1-2-18-10-5-16(6-11-18)7-12-19(13-8-16)15-4-3-9-17-14-15/h3-4,9,14H,2,5-8,10-13H2,1H3. The van der Waals surface area contributed by atoms with Crippen molar-refractivity contribution in [2.24, 2.45) is 5.41 Å². The predicted octanol–water partition coefficient (Wildman–Crippen LogP) is 2.78. The van der Waals surface area contributed by atoms with Crippen LogP contribution in [0.15, 0.2) is 24.5 Å². The quantitative estimate of drug-likeness (QED) is 0.814. The van der Waals surface area contributed by atoms with Crippen molar-refractivity contribution in [3.63, 3.8) is 0 Å². The summed E-state index contributed by atoms with van der Waals surface area (Å²) in [6.45, 7) is 8.53. The van der Waals surface area contributed by atoms with E-state index in [2.05, 4.69) is 27.8 Å². The van der Waals surface area contributed by atoms with Crippen molar-refractivity contribution in [1.29, 1.82) is 0 Å². The van der Waals surface area contributed by atoms with Crippen molar-refractivity contribution in [1.82, 2.24) is 9.88 Å². The fourth-order valence-electron chi connectivity index (χ4n) is 3.62. The number of rotatable bonds is 2. The molecule has 3 heterocycles. The Kier molecular flexibility index (Phi) is 3.74. The van der Waals surface area contributed by atoms with Crippen LogP contribution < -0.4 is 4.90 Å². The Bertz CT molecular complexity index is 386. The Morgan fingerprint density at radius 1 is 1.11 bits per heavy atom. The lowest BCUT2D eigenvalue weighted by molar-refractivity contribution is 0.0831. The van der Waals surface area contributed by atoms with Gasteiger partial charge in [0.05, 0.1) is 11.9 Å². The van der Waals surface area contributed by atoms with E-state index in [1.165, 1.54) is 64.1 Å². The van der Waals surface area contributed by atoms with E-state index in [9.17, 15) is 0 Å². The van der Waals surface area contributed by atoms with Gasteiger partial charge in [0.1, 0.15) is 0 Å². The summed E-state index contributed by atoms with van der Waals surface area (Å²) in [5.41, 5.74) is 1.94. The molecule has 0 unspecified atom stereocenters. The number of pyridine rings is 1. The largest absolute Gasteiger partial charge is 0.370 e. The zero-order chi connectivity index (χ0) is 13.1. The molecule has 3 rings (SSSR count). The molecular formula is C16H25N3. The molecule has 0 amide bonds. The Labute approximate surface area is 116 Å². The molecule has 0 bridgehead atoms. The molecular weight excluding hydrogens is 234 g/mol. The Balaban J connectivity index is 1.58. The van der Waals surface area contributed by atoms with Crippen LogP contribution in [0.2, 0.25) is 0 Å². The molecule has 0 N–H and O–H groups in total. The smallest absolute Gasteiger partial charge is 0.0552 e. The summed E-state index contributed by atoms with van der Waals surface area (Å²) in [6.07, 6.45) is 9.38. The molecule has 1 aromatic heterocycles. The highest BCUT2D eigenvalue weighted by Crippen LogP contribution is 2.41. The molecule has 104 valence electrons. The molecule has 0 aromatic carbocycles. The fourth-order valence-corrected chi connectivity index (χ4v) is 3.62. The maximum atomic E-state index is 4.24. The van der Waals surface area contributed by atoms with Crippen LogP contribution >= 0.6 is 0 Å². The van der Waals surface area contributed by atoms with Crippen molar-refractivity contribution in [3.8, 4) is 0 Å². The van der Waals surface area contributed by atoms with Crippen LogP contribution in [0.3, 0.4) is 0 Å². The van der Waals surface area contributed by atoms with Crippen molar-refractivity contribution in [2.45, 2.75) is 32.6 Å². The first-order valence-electron chi connectivity index (χ1n) is 7.69. The molecule has 19 heavy (non-hydrogen) atoms. The highest BCUT2D eigenvalue weighted by Gasteiger charge is 2.37. The number of anilines is 1. The minimum absolute atomic E-state index is 0.643. The number of hydrogen-bond donors (Lipinski definition) is 0. The molecule has 1 spiro atoms. The van der Waals surface area contributed by atoms with Gasteiger partial charge in [-0.05, 0) is 62.9 Å². The zero-order valence-corrected chi connectivity index (χ0v) is 12.0. The minimum atomic E-state index is 0.643. The van der Waals surface area contributed by atoms with E-state index in [0.29, 0.717) is 5.41 Å². The Morgan fingerprint density at radius 3 is 2.37 bits per heavy atom. The van der Waals surface area contributed by atoms with Crippen LogP contribution in [0.25, 0.3) is 0 Å². The Hall–Kier alpha value is -1.09. The number of likely N-dealkylation sites (tertiary alicyclic amines) is 1. The maximum absolute atomic E-state index is 4.24. The summed E-state index contributed by atoms with van der Waals surface area (Å²) < 4.78 is 0. The number of hydrogen-bond acceptors (Lipinski definition) is 3. The van der Waals surface area contributed by atoms with Crippen LogP contribution in [-0.2, 0) is 0 Å². The van der Waals surface area contributed by atoms with Gasteiger partial charge in [0.15, 0.2) is 0 Å². The first-order chi connectivity index (χ1) is 9.31. The summed E-state index contributed by atoms with van der Waals surface area (Å²) in [6, 6.07) is 4.23. The minimum Gasteiger partial charge on any atom is -0.370 e.